The summed E-state index contributed by atoms with van der Waals surface area (Å²) in [4.78, 5) is 0. The Bertz CT molecular complexity index is 325. The van der Waals surface area contributed by atoms with E-state index in [2.05, 4.69) is 12.2 Å². The van der Waals surface area contributed by atoms with E-state index in [9.17, 15) is 8.42 Å². The maximum atomic E-state index is 11.3. The Balaban J connectivity index is 1.68. The number of nitrogens with one attached hydrogen (secondary N) is 1. The zero-order valence-corrected chi connectivity index (χ0v) is 11.6. The molecule has 0 aromatic rings. The van der Waals surface area contributed by atoms with Crippen LogP contribution in [0.2, 0.25) is 0 Å². The Morgan fingerprint density at radius 1 is 1.12 bits per heavy atom. The summed E-state index contributed by atoms with van der Waals surface area (Å²) >= 11 is 0. The molecule has 1 N–H and O–H groups in total. The number of hydrogen-bond donors (Lipinski definition) is 1. The lowest BCUT2D eigenvalue weighted by Crippen LogP contribution is -2.40. The molecule has 1 aliphatic carbocycles. The third-order valence-corrected chi connectivity index (χ3v) is 6.01. The van der Waals surface area contributed by atoms with E-state index in [-0.39, 0.29) is 0 Å². The molecule has 3 nitrogen and oxygen atoms in total. The summed E-state index contributed by atoms with van der Waals surface area (Å²) < 4.78 is 22.6. The maximum absolute atomic E-state index is 11.3. The molecule has 1 heterocycles. The van der Waals surface area contributed by atoms with Gasteiger partial charge in [0.2, 0.25) is 0 Å². The van der Waals surface area contributed by atoms with E-state index in [1.165, 1.54) is 25.7 Å². The van der Waals surface area contributed by atoms with Crippen LogP contribution in [0.15, 0.2) is 0 Å². The molecule has 0 amide bonds. The van der Waals surface area contributed by atoms with E-state index in [0.717, 1.165) is 31.2 Å². The molecular weight excluding hydrogens is 234 g/mol. The van der Waals surface area contributed by atoms with Crippen molar-refractivity contribution in [2.75, 3.05) is 18.1 Å². The summed E-state index contributed by atoms with van der Waals surface area (Å²) in [6.07, 6.45) is 7.07. The molecule has 2 rings (SSSR count). The third kappa shape index (κ3) is 4.25. The van der Waals surface area contributed by atoms with Crippen molar-refractivity contribution in [1.82, 2.24) is 5.32 Å². The predicted molar refractivity (Wildman–Crippen MR) is 70.8 cm³/mol. The van der Waals surface area contributed by atoms with E-state index >= 15 is 0 Å². The standard InChI is InChI=1S/C13H25NO2S/c1-11-3-2-4-12(9-11)10-14-13-5-7-17(15,16)8-6-13/h11-14H,2-10H2,1H3. The number of hydrogen-bond acceptors (Lipinski definition) is 3. The van der Waals surface area contributed by atoms with Crippen LogP contribution < -0.4 is 5.32 Å². The molecule has 4 heteroatoms. The fourth-order valence-electron chi connectivity index (χ4n) is 3.17. The molecule has 2 aliphatic rings. The van der Waals surface area contributed by atoms with Crippen molar-refractivity contribution >= 4 is 9.84 Å². The molecule has 1 aliphatic heterocycles. The van der Waals surface area contributed by atoms with Gasteiger partial charge in [-0.15, -0.1) is 0 Å². The number of rotatable bonds is 3. The van der Waals surface area contributed by atoms with Gasteiger partial charge < -0.3 is 5.32 Å². The first-order chi connectivity index (χ1) is 8.05. The van der Waals surface area contributed by atoms with Gasteiger partial charge in [-0.1, -0.05) is 19.8 Å². The second-order valence-corrected chi connectivity index (χ2v) is 8.28. The van der Waals surface area contributed by atoms with Crippen molar-refractivity contribution in [1.29, 1.82) is 0 Å². The van der Waals surface area contributed by atoms with Gasteiger partial charge in [-0.25, -0.2) is 8.42 Å². The maximum Gasteiger partial charge on any atom is 0.150 e. The van der Waals surface area contributed by atoms with Gasteiger partial charge in [-0.3, -0.25) is 0 Å². The lowest BCUT2D eigenvalue weighted by molar-refractivity contribution is 0.264. The quantitative estimate of drug-likeness (QED) is 0.843. The fraction of sp³-hybridized carbons (Fsp3) is 1.00. The largest absolute Gasteiger partial charge is 0.314 e. The normalized spacial score (nSPS) is 34.6. The van der Waals surface area contributed by atoms with Gasteiger partial charge in [0.05, 0.1) is 11.5 Å². The smallest absolute Gasteiger partial charge is 0.150 e. The molecule has 0 radical (unpaired) electrons. The minimum Gasteiger partial charge on any atom is -0.314 e. The highest BCUT2D eigenvalue weighted by atomic mass is 32.2. The van der Waals surface area contributed by atoms with E-state index in [0.29, 0.717) is 17.5 Å². The van der Waals surface area contributed by atoms with Crippen LogP contribution in [0.25, 0.3) is 0 Å². The average molecular weight is 259 g/mol. The van der Waals surface area contributed by atoms with Crippen LogP contribution in [0.4, 0.5) is 0 Å². The van der Waals surface area contributed by atoms with Gasteiger partial charge in [-0.2, -0.15) is 0 Å². The predicted octanol–water partition coefficient (Wildman–Crippen LogP) is 1.98. The molecule has 2 atom stereocenters. The van der Waals surface area contributed by atoms with Crippen LogP contribution in [0.3, 0.4) is 0 Å². The Labute approximate surface area is 105 Å². The summed E-state index contributed by atoms with van der Waals surface area (Å²) in [5, 5.41) is 3.59. The highest BCUT2D eigenvalue weighted by Crippen LogP contribution is 2.28. The van der Waals surface area contributed by atoms with Gasteiger partial charge in [0, 0.05) is 6.04 Å². The van der Waals surface area contributed by atoms with E-state index in [1.807, 2.05) is 0 Å². The second kappa shape index (κ2) is 5.70. The first-order valence-corrected chi connectivity index (χ1v) is 8.81. The summed E-state index contributed by atoms with van der Waals surface area (Å²) in [5.41, 5.74) is 0. The zero-order valence-electron chi connectivity index (χ0n) is 10.8. The second-order valence-electron chi connectivity index (χ2n) is 5.97. The van der Waals surface area contributed by atoms with Crippen molar-refractivity contribution in [3.8, 4) is 0 Å². The molecule has 0 aromatic carbocycles. The van der Waals surface area contributed by atoms with Gasteiger partial charge in [0.15, 0.2) is 0 Å². The molecule has 0 bridgehead atoms. The summed E-state index contributed by atoms with van der Waals surface area (Å²) in [5.74, 6) is 2.46. The minimum absolute atomic E-state index is 0.381. The number of sulfone groups is 1. The Hall–Kier alpha value is -0.0900. The summed E-state index contributed by atoms with van der Waals surface area (Å²) in [6.45, 7) is 3.44. The molecular formula is C13H25NO2S. The van der Waals surface area contributed by atoms with Crippen molar-refractivity contribution in [3.63, 3.8) is 0 Å². The van der Waals surface area contributed by atoms with Crippen LogP contribution in [-0.4, -0.2) is 32.5 Å². The molecule has 1 saturated carbocycles. The van der Waals surface area contributed by atoms with Gasteiger partial charge in [-0.05, 0) is 44.1 Å². The zero-order chi connectivity index (χ0) is 12.3. The monoisotopic (exact) mass is 259 g/mol. The van der Waals surface area contributed by atoms with Crippen molar-refractivity contribution in [2.45, 2.75) is 51.5 Å². The van der Waals surface area contributed by atoms with Crippen molar-refractivity contribution in [2.24, 2.45) is 11.8 Å². The van der Waals surface area contributed by atoms with E-state index in [1.54, 1.807) is 0 Å². The van der Waals surface area contributed by atoms with Gasteiger partial charge in [0.25, 0.3) is 0 Å². The highest BCUT2D eigenvalue weighted by molar-refractivity contribution is 7.91. The molecule has 17 heavy (non-hydrogen) atoms. The molecule has 1 saturated heterocycles. The van der Waals surface area contributed by atoms with Crippen LogP contribution in [-0.2, 0) is 9.84 Å². The van der Waals surface area contributed by atoms with E-state index < -0.39 is 9.84 Å². The van der Waals surface area contributed by atoms with Crippen LogP contribution in [0.1, 0.15) is 45.4 Å². The summed E-state index contributed by atoms with van der Waals surface area (Å²) in [7, 11) is -2.71. The van der Waals surface area contributed by atoms with Crippen molar-refractivity contribution < 1.29 is 8.42 Å². The topological polar surface area (TPSA) is 46.2 Å². The molecule has 0 spiro atoms. The van der Waals surface area contributed by atoms with Crippen molar-refractivity contribution in [3.05, 3.63) is 0 Å². The first-order valence-electron chi connectivity index (χ1n) is 6.99. The summed E-state index contributed by atoms with van der Waals surface area (Å²) in [6, 6.07) is 0.441. The Kier molecular flexibility index (Phi) is 4.47. The lowest BCUT2D eigenvalue weighted by Gasteiger charge is -2.30. The van der Waals surface area contributed by atoms with Gasteiger partial charge >= 0.3 is 0 Å². The molecule has 100 valence electrons. The van der Waals surface area contributed by atoms with Crippen LogP contribution in [0, 0.1) is 11.8 Å². The minimum atomic E-state index is -2.71. The Morgan fingerprint density at radius 3 is 2.47 bits per heavy atom. The molecule has 2 fully saturated rings. The SMILES string of the molecule is CC1CCCC(CNC2CCS(=O)(=O)CC2)C1. The van der Waals surface area contributed by atoms with Gasteiger partial charge in [0.1, 0.15) is 9.84 Å². The van der Waals surface area contributed by atoms with E-state index in [4.69, 9.17) is 0 Å². The van der Waals surface area contributed by atoms with Crippen LogP contribution >= 0.6 is 0 Å². The molecule has 0 aromatic heterocycles. The fourth-order valence-corrected chi connectivity index (χ4v) is 4.66. The van der Waals surface area contributed by atoms with Crippen LogP contribution in [0.5, 0.6) is 0 Å². The highest BCUT2D eigenvalue weighted by Gasteiger charge is 2.25. The average Bonchev–Trinajstić information content (AvgIpc) is 2.28. The Morgan fingerprint density at radius 2 is 1.82 bits per heavy atom. The first kappa shape index (κ1) is 13.3. The third-order valence-electron chi connectivity index (χ3n) is 4.29. The molecule has 2 unspecified atom stereocenters. The lowest BCUT2D eigenvalue weighted by atomic mass is 9.82.